The van der Waals surface area contributed by atoms with Crippen LogP contribution in [0.5, 0.6) is 0 Å². The quantitative estimate of drug-likeness (QED) is 0.922. The Hall–Kier alpha value is -2.12. The Bertz CT molecular complexity index is 734. The Balaban J connectivity index is 1.68. The molecule has 1 saturated heterocycles. The molecule has 6 nitrogen and oxygen atoms in total. The SMILES string of the molecule is O=C(c1ccc[nH]1)N1CCN(S(=O)(=O)c2ccccc2)CC1. The van der Waals surface area contributed by atoms with Crippen molar-refractivity contribution in [3.63, 3.8) is 0 Å². The summed E-state index contributed by atoms with van der Waals surface area (Å²) in [5, 5.41) is 0. The Kier molecular flexibility index (Phi) is 4.00. The number of aromatic nitrogens is 1. The summed E-state index contributed by atoms with van der Waals surface area (Å²) in [6, 6.07) is 11.9. The van der Waals surface area contributed by atoms with Crippen LogP contribution in [0.1, 0.15) is 10.5 Å². The summed E-state index contributed by atoms with van der Waals surface area (Å²) in [6.45, 7) is 1.40. The molecule has 0 atom stereocenters. The van der Waals surface area contributed by atoms with Gasteiger partial charge >= 0.3 is 0 Å². The molecule has 0 spiro atoms. The van der Waals surface area contributed by atoms with E-state index >= 15 is 0 Å². The van der Waals surface area contributed by atoms with E-state index in [0.717, 1.165) is 0 Å². The highest BCUT2D eigenvalue weighted by atomic mass is 32.2. The molecule has 0 unspecified atom stereocenters. The molecule has 1 aliphatic rings. The van der Waals surface area contributed by atoms with E-state index in [-0.39, 0.29) is 5.91 Å². The number of piperazine rings is 1. The van der Waals surface area contributed by atoms with Gasteiger partial charge in [0.2, 0.25) is 10.0 Å². The molecule has 3 rings (SSSR count). The minimum Gasteiger partial charge on any atom is -0.357 e. The van der Waals surface area contributed by atoms with Crippen LogP contribution in [0.2, 0.25) is 0 Å². The van der Waals surface area contributed by atoms with E-state index in [2.05, 4.69) is 4.98 Å². The van der Waals surface area contributed by atoms with Crippen LogP contribution >= 0.6 is 0 Å². The zero-order valence-corrected chi connectivity index (χ0v) is 12.8. The van der Waals surface area contributed by atoms with Gasteiger partial charge in [-0.1, -0.05) is 18.2 Å². The zero-order chi connectivity index (χ0) is 15.6. The van der Waals surface area contributed by atoms with Crippen LogP contribution in [0.4, 0.5) is 0 Å². The average molecular weight is 319 g/mol. The smallest absolute Gasteiger partial charge is 0.270 e. The van der Waals surface area contributed by atoms with Crippen molar-refractivity contribution in [1.29, 1.82) is 0 Å². The number of sulfonamides is 1. The molecular formula is C15H17N3O3S. The van der Waals surface area contributed by atoms with Gasteiger partial charge in [-0.25, -0.2) is 8.42 Å². The third kappa shape index (κ3) is 2.77. The predicted octanol–water partition coefficient (Wildman–Crippen LogP) is 1.16. The van der Waals surface area contributed by atoms with E-state index in [1.54, 1.807) is 53.6 Å². The predicted molar refractivity (Wildman–Crippen MR) is 81.9 cm³/mol. The molecule has 1 fully saturated rings. The molecule has 7 heteroatoms. The van der Waals surface area contributed by atoms with E-state index in [1.165, 1.54) is 4.31 Å². The Morgan fingerprint density at radius 2 is 1.64 bits per heavy atom. The summed E-state index contributed by atoms with van der Waals surface area (Å²) in [5.41, 5.74) is 0.527. The Morgan fingerprint density at radius 1 is 0.955 bits per heavy atom. The van der Waals surface area contributed by atoms with Gasteiger partial charge in [0.15, 0.2) is 0 Å². The maximum atomic E-state index is 12.5. The van der Waals surface area contributed by atoms with E-state index < -0.39 is 10.0 Å². The molecule has 0 radical (unpaired) electrons. The Morgan fingerprint density at radius 3 is 2.23 bits per heavy atom. The van der Waals surface area contributed by atoms with Crippen molar-refractivity contribution in [3.8, 4) is 0 Å². The second kappa shape index (κ2) is 5.94. The molecule has 2 aromatic rings. The average Bonchev–Trinajstić information content (AvgIpc) is 3.09. The van der Waals surface area contributed by atoms with Crippen molar-refractivity contribution < 1.29 is 13.2 Å². The van der Waals surface area contributed by atoms with Gasteiger partial charge in [-0.05, 0) is 24.3 Å². The topological polar surface area (TPSA) is 73.5 Å². The minimum absolute atomic E-state index is 0.0956. The zero-order valence-electron chi connectivity index (χ0n) is 12.0. The van der Waals surface area contributed by atoms with Crippen LogP contribution in [0.25, 0.3) is 0 Å². The first-order valence-electron chi connectivity index (χ1n) is 7.07. The van der Waals surface area contributed by atoms with Gasteiger partial charge in [-0.2, -0.15) is 4.31 Å². The standard InChI is InChI=1S/C15H17N3O3S/c19-15(14-7-4-8-16-14)17-9-11-18(12-10-17)22(20,21)13-5-2-1-3-6-13/h1-8,16H,9-12H2. The largest absolute Gasteiger partial charge is 0.357 e. The maximum Gasteiger partial charge on any atom is 0.270 e. The highest BCUT2D eigenvalue weighted by molar-refractivity contribution is 7.89. The van der Waals surface area contributed by atoms with Crippen molar-refractivity contribution in [2.24, 2.45) is 0 Å². The number of carbonyl (C=O) groups is 1. The second-order valence-corrected chi connectivity index (χ2v) is 7.03. The number of nitrogens with zero attached hydrogens (tertiary/aromatic N) is 2. The van der Waals surface area contributed by atoms with Gasteiger partial charge in [0.05, 0.1) is 4.90 Å². The summed E-state index contributed by atoms with van der Waals surface area (Å²) in [7, 11) is -3.48. The number of aromatic amines is 1. The molecule has 0 aliphatic carbocycles. The molecule has 1 aromatic carbocycles. The molecule has 22 heavy (non-hydrogen) atoms. The third-order valence-electron chi connectivity index (χ3n) is 3.74. The van der Waals surface area contributed by atoms with Crippen LogP contribution in [0.15, 0.2) is 53.6 Å². The molecular weight excluding hydrogens is 302 g/mol. The molecule has 1 amide bonds. The van der Waals surface area contributed by atoms with Crippen LogP contribution in [0, 0.1) is 0 Å². The van der Waals surface area contributed by atoms with Crippen molar-refractivity contribution in [1.82, 2.24) is 14.2 Å². The lowest BCUT2D eigenvalue weighted by molar-refractivity contribution is 0.0692. The highest BCUT2D eigenvalue weighted by Crippen LogP contribution is 2.17. The van der Waals surface area contributed by atoms with Crippen LogP contribution in [-0.4, -0.2) is 54.7 Å². The van der Waals surface area contributed by atoms with E-state index in [1.807, 2.05) is 0 Å². The van der Waals surface area contributed by atoms with E-state index in [4.69, 9.17) is 0 Å². The first kappa shape index (κ1) is 14.8. The van der Waals surface area contributed by atoms with Gasteiger partial charge in [-0.3, -0.25) is 4.79 Å². The van der Waals surface area contributed by atoms with Crippen LogP contribution in [-0.2, 0) is 10.0 Å². The maximum absolute atomic E-state index is 12.5. The van der Waals surface area contributed by atoms with Crippen LogP contribution < -0.4 is 0 Å². The van der Waals surface area contributed by atoms with Gasteiger partial charge in [0.25, 0.3) is 5.91 Å². The second-order valence-electron chi connectivity index (χ2n) is 5.09. The first-order valence-corrected chi connectivity index (χ1v) is 8.51. The summed E-state index contributed by atoms with van der Waals surface area (Å²) in [4.78, 5) is 17.1. The number of amides is 1. The molecule has 1 N–H and O–H groups in total. The van der Waals surface area contributed by atoms with Crippen LogP contribution in [0.3, 0.4) is 0 Å². The lowest BCUT2D eigenvalue weighted by atomic mass is 10.3. The number of hydrogen-bond acceptors (Lipinski definition) is 3. The monoisotopic (exact) mass is 319 g/mol. The molecule has 116 valence electrons. The summed E-state index contributed by atoms with van der Waals surface area (Å²) in [6.07, 6.45) is 1.70. The number of hydrogen-bond donors (Lipinski definition) is 1. The summed E-state index contributed by atoms with van der Waals surface area (Å²) >= 11 is 0. The number of benzene rings is 1. The first-order chi connectivity index (χ1) is 10.6. The third-order valence-corrected chi connectivity index (χ3v) is 5.65. The van der Waals surface area contributed by atoms with Gasteiger partial charge < -0.3 is 9.88 Å². The highest BCUT2D eigenvalue weighted by Gasteiger charge is 2.30. The number of carbonyl (C=O) groups excluding carboxylic acids is 1. The lowest BCUT2D eigenvalue weighted by Crippen LogP contribution is -2.50. The van der Waals surface area contributed by atoms with Crippen molar-refractivity contribution in [3.05, 3.63) is 54.4 Å². The fourth-order valence-corrected chi connectivity index (χ4v) is 3.95. The van der Waals surface area contributed by atoms with Crippen molar-refractivity contribution in [2.45, 2.75) is 4.90 Å². The summed E-state index contributed by atoms with van der Waals surface area (Å²) < 4.78 is 26.4. The van der Waals surface area contributed by atoms with Gasteiger partial charge in [0.1, 0.15) is 5.69 Å². The molecule has 2 heterocycles. The molecule has 1 aliphatic heterocycles. The normalized spacial score (nSPS) is 16.6. The fourth-order valence-electron chi connectivity index (χ4n) is 2.51. The molecule has 0 saturated carbocycles. The number of rotatable bonds is 3. The molecule has 0 bridgehead atoms. The van der Waals surface area contributed by atoms with Crippen molar-refractivity contribution in [2.75, 3.05) is 26.2 Å². The fraction of sp³-hybridized carbons (Fsp3) is 0.267. The summed E-state index contributed by atoms with van der Waals surface area (Å²) in [5.74, 6) is -0.0956. The molecule has 1 aromatic heterocycles. The number of H-pyrrole nitrogens is 1. The van der Waals surface area contributed by atoms with E-state index in [9.17, 15) is 13.2 Å². The minimum atomic E-state index is -3.48. The Labute approximate surface area is 129 Å². The van der Waals surface area contributed by atoms with E-state index in [0.29, 0.717) is 36.8 Å². The number of nitrogens with one attached hydrogen (secondary N) is 1. The lowest BCUT2D eigenvalue weighted by Gasteiger charge is -2.33. The van der Waals surface area contributed by atoms with Gasteiger partial charge in [-0.15, -0.1) is 0 Å². The van der Waals surface area contributed by atoms with Crippen molar-refractivity contribution >= 4 is 15.9 Å². The van der Waals surface area contributed by atoms with Gasteiger partial charge in [0, 0.05) is 32.4 Å².